The summed E-state index contributed by atoms with van der Waals surface area (Å²) in [6.07, 6.45) is 1.68. The Hall–Kier alpha value is -1.84. The minimum absolute atomic E-state index is 0.311. The summed E-state index contributed by atoms with van der Waals surface area (Å²) in [6.45, 7) is 5.54. The van der Waals surface area contributed by atoms with Gasteiger partial charge < -0.3 is 10.2 Å². The lowest BCUT2D eigenvalue weighted by Gasteiger charge is -2.19. The monoisotopic (exact) mass is 234 g/mol. The highest BCUT2D eigenvalue weighted by molar-refractivity contribution is 5.91. The number of nitrogens with zero attached hydrogens (tertiary/aromatic N) is 1. The lowest BCUT2D eigenvalue weighted by atomic mass is 10.1. The Kier molecular flexibility index (Phi) is 4.26. The number of benzene rings is 1. The van der Waals surface area contributed by atoms with Crippen molar-refractivity contribution < 1.29 is 9.53 Å². The smallest absolute Gasteiger partial charge is 0.338 e. The van der Waals surface area contributed by atoms with E-state index in [9.17, 15) is 4.79 Å². The Morgan fingerprint density at radius 1 is 1.29 bits per heavy atom. The van der Waals surface area contributed by atoms with Crippen LogP contribution in [0.2, 0.25) is 0 Å². The molecule has 0 aromatic heterocycles. The molecule has 0 saturated heterocycles. The molecule has 0 bridgehead atoms. The number of hydrogen-bond acceptors (Lipinski definition) is 4. The summed E-state index contributed by atoms with van der Waals surface area (Å²) in [5.74, 6) is -0.311. The number of rotatable bonds is 3. The zero-order valence-corrected chi connectivity index (χ0v) is 10.7. The van der Waals surface area contributed by atoms with Crippen LogP contribution in [-0.4, -0.2) is 24.8 Å². The van der Waals surface area contributed by atoms with E-state index in [1.807, 2.05) is 32.9 Å². The highest BCUT2D eigenvalue weighted by Crippen LogP contribution is 2.12. The van der Waals surface area contributed by atoms with Crippen LogP contribution in [0, 0.1) is 0 Å². The number of carbonyl (C=O) groups excluding carboxylic acids is 1. The van der Waals surface area contributed by atoms with Crippen molar-refractivity contribution >= 4 is 12.2 Å². The van der Waals surface area contributed by atoms with Crippen molar-refractivity contribution in [1.29, 1.82) is 0 Å². The van der Waals surface area contributed by atoms with Crippen LogP contribution in [0.5, 0.6) is 0 Å². The van der Waals surface area contributed by atoms with Crippen LogP contribution in [0.15, 0.2) is 29.4 Å². The molecule has 0 aliphatic heterocycles. The van der Waals surface area contributed by atoms with Crippen molar-refractivity contribution in [2.45, 2.75) is 26.4 Å². The van der Waals surface area contributed by atoms with Gasteiger partial charge in [-0.3, -0.25) is 0 Å². The molecule has 17 heavy (non-hydrogen) atoms. The summed E-state index contributed by atoms with van der Waals surface area (Å²) >= 11 is 0. The van der Waals surface area contributed by atoms with Crippen molar-refractivity contribution in [1.82, 2.24) is 5.43 Å². The van der Waals surface area contributed by atoms with E-state index < -0.39 is 5.60 Å². The van der Waals surface area contributed by atoms with Gasteiger partial charge in [0, 0.05) is 7.05 Å². The summed E-state index contributed by atoms with van der Waals surface area (Å²) in [5.41, 5.74) is 3.66. The van der Waals surface area contributed by atoms with E-state index in [1.54, 1.807) is 25.4 Å². The van der Waals surface area contributed by atoms with E-state index in [0.717, 1.165) is 5.56 Å². The summed E-state index contributed by atoms with van der Waals surface area (Å²) in [5, 5.41) is 3.88. The highest BCUT2D eigenvalue weighted by Gasteiger charge is 2.17. The highest BCUT2D eigenvalue weighted by atomic mass is 16.6. The number of esters is 1. The maximum atomic E-state index is 11.7. The molecule has 0 aliphatic carbocycles. The van der Waals surface area contributed by atoms with Crippen LogP contribution in [0.4, 0.5) is 0 Å². The van der Waals surface area contributed by atoms with Crippen LogP contribution < -0.4 is 5.43 Å². The van der Waals surface area contributed by atoms with E-state index in [2.05, 4.69) is 10.5 Å². The third-order valence-electron chi connectivity index (χ3n) is 1.89. The topological polar surface area (TPSA) is 50.7 Å². The fourth-order valence-electron chi connectivity index (χ4n) is 1.18. The van der Waals surface area contributed by atoms with Crippen molar-refractivity contribution in [2.75, 3.05) is 7.05 Å². The number of hydrogen-bond donors (Lipinski definition) is 1. The van der Waals surface area contributed by atoms with Crippen molar-refractivity contribution in [2.24, 2.45) is 5.10 Å². The maximum Gasteiger partial charge on any atom is 0.338 e. The standard InChI is InChI=1S/C13H18N2O2/c1-13(2,3)17-12(16)11-7-5-10(6-8-11)9-15-14-4/h5-9,14H,1-4H3/b15-9+. The second kappa shape index (κ2) is 5.48. The van der Waals surface area contributed by atoms with Gasteiger partial charge in [0.15, 0.2) is 0 Å². The van der Waals surface area contributed by atoms with Gasteiger partial charge in [-0.1, -0.05) is 12.1 Å². The molecule has 0 saturated carbocycles. The van der Waals surface area contributed by atoms with Crippen LogP contribution in [0.25, 0.3) is 0 Å². The molecular weight excluding hydrogens is 216 g/mol. The van der Waals surface area contributed by atoms with Crippen LogP contribution in [-0.2, 0) is 4.74 Å². The van der Waals surface area contributed by atoms with Gasteiger partial charge in [-0.2, -0.15) is 5.10 Å². The number of nitrogens with one attached hydrogen (secondary N) is 1. The molecule has 0 heterocycles. The van der Waals surface area contributed by atoms with Gasteiger partial charge in [0.2, 0.25) is 0 Å². The van der Waals surface area contributed by atoms with Gasteiger partial charge in [0.25, 0.3) is 0 Å². The molecule has 1 N–H and O–H groups in total. The summed E-state index contributed by atoms with van der Waals surface area (Å²) in [6, 6.07) is 7.09. The third-order valence-corrected chi connectivity index (χ3v) is 1.89. The van der Waals surface area contributed by atoms with E-state index in [4.69, 9.17) is 4.74 Å². The van der Waals surface area contributed by atoms with Crippen molar-refractivity contribution in [3.05, 3.63) is 35.4 Å². The van der Waals surface area contributed by atoms with E-state index in [0.29, 0.717) is 5.56 Å². The molecule has 1 aromatic rings. The zero-order valence-electron chi connectivity index (χ0n) is 10.7. The molecule has 0 aliphatic rings. The predicted molar refractivity (Wildman–Crippen MR) is 68.3 cm³/mol. The average Bonchev–Trinajstić information content (AvgIpc) is 2.24. The predicted octanol–water partition coefficient (Wildman–Crippen LogP) is 2.20. The average molecular weight is 234 g/mol. The largest absolute Gasteiger partial charge is 0.456 e. The van der Waals surface area contributed by atoms with Crippen LogP contribution >= 0.6 is 0 Å². The zero-order chi connectivity index (χ0) is 12.9. The fraction of sp³-hybridized carbons (Fsp3) is 0.385. The molecule has 0 radical (unpaired) electrons. The second-order valence-electron chi connectivity index (χ2n) is 4.61. The molecule has 0 spiro atoms. The molecule has 4 heteroatoms. The Morgan fingerprint density at radius 2 is 1.88 bits per heavy atom. The molecule has 92 valence electrons. The first-order valence-corrected chi connectivity index (χ1v) is 5.45. The number of ether oxygens (including phenoxy) is 1. The lowest BCUT2D eigenvalue weighted by molar-refractivity contribution is 0.00696. The Bertz CT molecular complexity index is 402. The van der Waals surface area contributed by atoms with Gasteiger partial charge in [0.05, 0.1) is 11.8 Å². The normalized spacial score (nSPS) is 11.5. The summed E-state index contributed by atoms with van der Waals surface area (Å²) < 4.78 is 5.26. The first-order valence-electron chi connectivity index (χ1n) is 5.45. The van der Waals surface area contributed by atoms with Gasteiger partial charge in [-0.05, 0) is 38.5 Å². The van der Waals surface area contributed by atoms with Gasteiger partial charge >= 0.3 is 5.97 Å². The van der Waals surface area contributed by atoms with E-state index in [-0.39, 0.29) is 5.97 Å². The summed E-state index contributed by atoms with van der Waals surface area (Å²) in [7, 11) is 1.73. The number of hydrazone groups is 1. The molecule has 1 rings (SSSR count). The molecular formula is C13H18N2O2. The van der Waals surface area contributed by atoms with Crippen LogP contribution in [0.1, 0.15) is 36.7 Å². The molecule has 4 nitrogen and oxygen atoms in total. The van der Waals surface area contributed by atoms with Gasteiger partial charge in [-0.15, -0.1) is 0 Å². The quantitative estimate of drug-likeness (QED) is 0.495. The Morgan fingerprint density at radius 3 is 2.35 bits per heavy atom. The van der Waals surface area contributed by atoms with E-state index in [1.165, 1.54) is 0 Å². The van der Waals surface area contributed by atoms with Gasteiger partial charge in [-0.25, -0.2) is 4.79 Å². The van der Waals surface area contributed by atoms with E-state index >= 15 is 0 Å². The maximum absolute atomic E-state index is 11.7. The molecule has 0 atom stereocenters. The first-order chi connectivity index (χ1) is 7.92. The van der Waals surface area contributed by atoms with Crippen molar-refractivity contribution in [3.63, 3.8) is 0 Å². The van der Waals surface area contributed by atoms with Crippen LogP contribution in [0.3, 0.4) is 0 Å². The Balaban J connectivity index is 2.74. The Labute approximate surface area is 102 Å². The SMILES string of the molecule is CN/N=C/c1ccc(C(=O)OC(C)(C)C)cc1. The minimum atomic E-state index is -0.469. The third kappa shape index (κ3) is 4.68. The minimum Gasteiger partial charge on any atom is -0.456 e. The number of carbonyl (C=O) groups is 1. The summed E-state index contributed by atoms with van der Waals surface area (Å²) in [4.78, 5) is 11.7. The lowest BCUT2D eigenvalue weighted by Crippen LogP contribution is -2.23. The van der Waals surface area contributed by atoms with Gasteiger partial charge in [0.1, 0.15) is 5.60 Å². The molecule has 0 fully saturated rings. The molecule has 1 aromatic carbocycles. The second-order valence-corrected chi connectivity index (χ2v) is 4.61. The molecule has 0 unspecified atom stereocenters. The fourth-order valence-corrected chi connectivity index (χ4v) is 1.18. The molecule has 0 amide bonds. The first kappa shape index (κ1) is 13.2. The van der Waals surface area contributed by atoms with Crippen molar-refractivity contribution in [3.8, 4) is 0 Å².